The van der Waals surface area contributed by atoms with Crippen molar-refractivity contribution in [3.8, 4) is 5.75 Å². The Bertz CT molecular complexity index is 624. The van der Waals surface area contributed by atoms with Crippen molar-refractivity contribution in [2.24, 2.45) is 0 Å². The van der Waals surface area contributed by atoms with Crippen LogP contribution in [0, 0.1) is 17.5 Å². The second kappa shape index (κ2) is 5.01. The van der Waals surface area contributed by atoms with Crippen molar-refractivity contribution in [2.45, 2.75) is 0 Å². The Morgan fingerprint density at radius 1 is 1.05 bits per heavy atom. The molecule has 2 N–H and O–H groups in total. The number of phenolic OH excluding ortho intramolecular Hbond substituents is 1. The molecule has 0 unspecified atom stereocenters. The van der Waals surface area contributed by atoms with Crippen LogP contribution in [0.3, 0.4) is 0 Å². The summed E-state index contributed by atoms with van der Waals surface area (Å²) in [7, 11) is 0. The minimum absolute atomic E-state index is 0.311. The average Bonchev–Trinajstić information content (AvgIpc) is 2.32. The predicted octanol–water partition coefficient (Wildman–Crippen LogP) is 3.06. The van der Waals surface area contributed by atoms with Gasteiger partial charge in [-0.15, -0.1) is 0 Å². The molecule has 0 bridgehead atoms. The van der Waals surface area contributed by atoms with E-state index in [1.165, 1.54) is 6.07 Å². The molecule has 19 heavy (non-hydrogen) atoms. The molecule has 0 aliphatic heterocycles. The first-order valence-corrected chi connectivity index (χ1v) is 5.23. The van der Waals surface area contributed by atoms with Gasteiger partial charge in [0, 0.05) is 6.07 Å². The monoisotopic (exact) mass is 267 g/mol. The summed E-state index contributed by atoms with van der Waals surface area (Å²) < 4.78 is 39.4. The molecule has 0 radical (unpaired) electrons. The summed E-state index contributed by atoms with van der Waals surface area (Å²) in [6, 6.07) is 5.85. The standard InChI is InChI=1S/C13H8F3NO2/c14-7-4-5-10(9(16)6-7)17-13(19)12-8(15)2-1-3-11(12)18/h1-6,18H,(H,17,19). The molecule has 1 amide bonds. The number of hydrogen-bond acceptors (Lipinski definition) is 2. The second-order valence-electron chi connectivity index (χ2n) is 3.71. The molecule has 0 fully saturated rings. The molecule has 2 aromatic carbocycles. The first-order valence-electron chi connectivity index (χ1n) is 5.23. The van der Waals surface area contributed by atoms with E-state index in [4.69, 9.17) is 0 Å². The second-order valence-corrected chi connectivity index (χ2v) is 3.71. The molecule has 3 nitrogen and oxygen atoms in total. The van der Waals surface area contributed by atoms with Crippen molar-refractivity contribution in [3.63, 3.8) is 0 Å². The van der Waals surface area contributed by atoms with E-state index >= 15 is 0 Å². The SMILES string of the molecule is O=C(Nc1ccc(F)cc1F)c1c(O)cccc1F. The largest absolute Gasteiger partial charge is 0.507 e. The molecule has 0 aliphatic rings. The number of carbonyl (C=O) groups excluding carboxylic acids is 1. The first-order chi connectivity index (χ1) is 8.99. The molecule has 0 saturated heterocycles. The highest BCUT2D eigenvalue weighted by Gasteiger charge is 2.17. The number of aromatic hydroxyl groups is 1. The molecule has 98 valence electrons. The summed E-state index contributed by atoms with van der Waals surface area (Å²) >= 11 is 0. The van der Waals surface area contributed by atoms with Gasteiger partial charge in [-0.2, -0.15) is 0 Å². The average molecular weight is 267 g/mol. The molecule has 2 aromatic rings. The van der Waals surface area contributed by atoms with Crippen molar-refractivity contribution in [2.75, 3.05) is 5.32 Å². The summed E-state index contributed by atoms with van der Waals surface area (Å²) in [6.45, 7) is 0. The van der Waals surface area contributed by atoms with Gasteiger partial charge in [0.1, 0.15) is 28.8 Å². The van der Waals surface area contributed by atoms with Gasteiger partial charge in [-0.1, -0.05) is 6.07 Å². The summed E-state index contributed by atoms with van der Waals surface area (Å²) in [4.78, 5) is 11.7. The molecule has 6 heteroatoms. The molecule has 0 heterocycles. The van der Waals surface area contributed by atoms with Crippen molar-refractivity contribution < 1.29 is 23.1 Å². The minimum Gasteiger partial charge on any atom is -0.507 e. The third-order valence-electron chi connectivity index (χ3n) is 2.40. The number of hydrogen-bond donors (Lipinski definition) is 2. The lowest BCUT2D eigenvalue weighted by atomic mass is 10.1. The van der Waals surface area contributed by atoms with E-state index in [0.717, 1.165) is 24.3 Å². The van der Waals surface area contributed by atoms with E-state index in [-0.39, 0.29) is 5.69 Å². The van der Waals surface area contributed by atoms with Crippen LogP contribution >= 0.6 is 0 Å². The lowest BCUT2D eigenvalue weighted by molar-refractivity contribution is 0.102. The highest BCUT2D eigenvalue weighted by molar-refractivity contribution is 6.06. The Kier molecular flexibility index (Phi) is 3.41. The van der Waals surface area contributed by atoms with Gasteiger partial charge in [0.25, 0.3) is 5.91 Å². The molecule has 0 spiro atoms. The van der Waals surface area contributed by atoms with Crippen molar-refractivity contribution in [1.82, 2.24) is 0 Å². The number of anilines is 1. The van der Waals surface area contributed by atoms with E-state index in [1.807, 2.05) is 0 Å². The fourth-order valence-electron chi connectivity index (χ4n) is 1.51. The molecular formula is C13H8F3NO2. The van der Waals surface area contributed by atoms with Crippen LogP contribution in [0.5, 0.6) is 5.75 Å². The Hall–Kier alpha value is -2.50. The van der Waals surface area contributed by atoms with Crippen molar-refractivity contribution >= 4 is 11.6 Å². The third-order valence-corrected chi connectivity index (χ3v) is 2.40. The molecular weight excluding hydrogens is 259 g/mol. The number of carbonyl (C=O) groups is 1. The maximum atomic E-state index is 13.4. The van der Waals surface area contributed by atoms with Gasteiger partial charge in [-0.05, 0) is 24.3 Å². The quantitative estimate of drug-likeness (QED) is 0.878. The number of nitrogens with one attached hydrogen (secondary N) is 1. The van der Waals surface area contributed by atoms with Gasteiger partial charge in [-0.25, -0.2) is 13.2 Å². The van der Waals surface area contributed by atoms with Crippen LogP contribution in [-0.2, 0) is 0 Å². The third kappa shape index (κ3) is 2.67. The Balaban J connectivity index is 2.31. The highest BCUT2D eigenvalue weighted by atomic mass is 19.1. The fourth-order valence-corrected chi connectivity index (χ4v) is 1.51. The zero-order valence-corrected chi connectivity index (χ0v) is 9.45. The van der Waals surface area contributed by atoms with Crippen LogP contribution in [-0.4, -0.2) is 11.0 Å². The Morgan fingerprint density at radius 3 is 2.42 bits per heavy atom. The van der Waals surface area contributed by atoms with Crippen LogP contribution in [0.1, 0.15) is 10.4 Å². The van der Waals surface area contributed by atoms with E-state index in [2.05, 4.69) is 5.32 Å². The molecule has 0 saturated carbocycles. The minimum atomic E-state index is -1.03. The smallest absolute Gasteiger partial charge is 0.262 e. The Labute approximate surface area is 106 Å². The number of halogens is 3. The van der Waals surface area contributed by atoms with Gasteiger partial charge < -0.3 is 10.4 Å². The van der Waals surface area contributed by atoms with Crippen molar-refractivity contribution in [3.05, 3.63) is 59.4 Å². The van der Waals surface area contributed by atoms with Crippen LogP contribution in [0.15, 0.2) is 36.4 Å². The van der Waals surface area contributed by atoms with Gasteiger partial charge >= 0.3 is 0 Å². The van der Waals surface area contributed by atoms with Gasteiger partial charge in [0.15, 0.2) is 0 Å². The van der Waals surface area contributed by atoms with Crippen molar-refractivity contribution in [1.29, 1.82) is 0 Å². The maximum Gasteiger partial charge on any atom is 0.262 e. The molecule has 2 rings (SSSR count). The number of phenols is 1. The van der Waals surface area contributed by atoms with Crippen LogP contribution in [0.2, 0.25) is 0 Å². The summed E-state index contributed by atoms with van der Waals surface area (Å²) in [5.74, 6) is -4.34. The van der Waals surface area contributed by atoms with E-state index in [9.17, 15) is 23.1 Å². The summed E-state index contributed by atoms with van der Waals surface area (Å²) in [6.07, 6.45) is 0. The Morgan fingerprint density at radius 2 is 1.79 bits per heavy atom. The molecule has 0 aromatic heterocycles. The van der Waals surface area contributed by atoms with Gasteiger partial charge in [-0.3, -0.25) is 4.79 Å². The number of rotatable bonds is 2. The number of benzene rings is 2. The number of amides is 1. The van der Waals surface area contributed by atoms with Gasteiger partial charge in [0.2, 0.25) is 0 Å². The predicted molar refractivity (Wildman–Crippen MR) is 62.4 cm³/mol. The van der Waals surface area contributed by atoms with Gasteiger partial charge in [0.05, 0.1) is 5.69 Å². The van der Waals surface area contributed by atoms with E-state index in [1.54, 1.807) is 0 Å². The molecule has 0 atom stereocenters. The van der Waals surface area contributed by atoms with Crippen LogP contribution in [0.25, 0.3) is 0 Å². The maximum absolute atomic E-state index is 13.4. The zero-order valence-electron chi connectivity index (χ0n) is 9.45. The topological polar surface area (TPSA) is 49.3 Å². The van der Waals surface area contributed by atoms with E-state index in [0.29, 0.717) is 6.07 Å². The van der Waals surface area contributed by atoms with E-state index < -0.39 is 34.7 Å². The zero-order chi connectivity index (χ0) is 14.0. The first kappa shape index (κ1) is 12.9. The lowest BCUT2D eigenvalue weighted by Gasteiger charge is -2.08. The highest BCUT2D eigenvalue weighted by Crippen LogP contribution is 2.22. The summed E-state index contributed by atoms with van der Waals surface area (Å²) in [5.41, 5.74) is -0.916. The summed E-state index contributed by atoms with van der Waals surface area (Å²) in [5, 5.41) is 11.5. The fraction of sp³-hybridized carbons (Fsp3) is 0. The van der Waals surface area contributed by atoms with Crippen LogP contribution in [0.4, 0.5) is 18.9 Å². The normalized spacial score (nSPS) is 10.3. The molecule has 0 aliphatic carbocycles. The van der Waals surface area contributed by atoms with Crippen LogP contribution < -0.4 is 5.32 Å². The lowest BCUT2D eigenvalue weighted by Crippen LogP contribution is -2.15.